The first-order valence-electron chi connectivity index (χ1n) is 23.3. The zero-order chi connectivity index (χ0) is 50.6. The van der Waals surface area contributed by atoms with Crippen molar-refractivity contribution < 1.29 is 57.6 Å². The lowest BCUT2D eigenvalue weighted by atomic mass is 9.90. The summed E-state index contributed by atoms with van der Waals surface area (Å²) < 4.78 is 28.2. The lowest BCUT2D eigenvalue weighted by Gasteiger charge is -2.39. The van der Waals surface area contributed by atoms with E-state index in [1.165, 1.54) is 5.56 Å². The normalized spacial score (nSPS) is 15.4. The first kappa shape index (κ1) is 68.0. The number of likely N-dealkylation sites (tertiary alicyclic amines) is 1. The van der Waals surface area contributed by atoms with Gasteiger partial charge in [-0.2, -0.15) is 11.3 Å². The van der Waals surface area contributed by atoms with E-state index in [4.69, 9.17) is 34.7 Å². The Bertz CT molecular complexity index is 1390. The fourth-order valence-corrected chi connectivity index (χ4v) is 7.88. The summed E-state index contributed by atoms with van der Waals surface area (Å²) in [6.45, 7) is 24.6. The van der Waals surface area contributed by atoms with Crippen molar-refractivity contribution >= 4 is 41.4 Å². The molecule has 0 spiro atoms. The minimum Gasteiger partial charge on any atom is -0.480 e. The number of aryl methyl sites for hydroxylation is 1. The first-order chi connectivity index (χ1) is 31.2. The Morgan fingerprint density at radius 3 is 1.88 bits per heavy atom. The van der Waals surface area contributed by atoms with Crippen molar-refractivity contribution in [3.63, 3.8) is 0 Å². The molecule has 18 nitrogen and oxygen atoms in total. The second kappa shape index (κ2) is 41.7. The zero-order valence-electron chi connectivity index (χ0n) is 42.9. The van der Waals surface area contributed by atoms with Gasteiger partial charge in [-0.15, -0.1) is 0 Å². The van der Waals surface area contributed by atoms with E-state index in [-0.39, 0.29) is 80.6 Å². The van der Waals surface area contributed by atoms with E-state index >= 15 is 0 Å². The number of hydrogen-bond donors (Lipinski definition) is 4. The number of carbonyl (C=O) groups excluding carboxylic acids is 4. The number of aliphatic carboxylic acids is 1. The molecule has 0 aromatic carbocycles. The molecule has 0 saturated carbocycles. The van der Waals surface area contributed by atoms with Crippen LogP contribution in [0.5, 0.6) is 0 Å². The van der Waals surface area contributed by atoms with Crippen LogP contribution in [0.2, 0.25) is 0 Å². The summed E-state index contributed by atoms with van der Waals surface area (Å²) in [7, 11) is 6.91. The summed E-state index contributed by atoms with van der Waals surface area (Å²) in [6.07, 6.45) is 2.60. The van der Waals surface area contributed by atoms with E-state index in [0.717, 1.165) is 25.2 Å². The van der Waals surface area contributed by atoms with Gasteiger partial charge in [-0.05, 0) is 72.9 Å². The number of nitrogens with two attached hydrogens (primary N) is 1. The summed E-state index contributed by atoms with van der Waals surface area (Å²) in [5.41, 5.74) is 1.36. The smallest absolute Gasteiger partial charge is 0.322 e. The summed E-state index contributed by atoms with van der Waals surface area (Å²) in [6, 6.07) is 1.33. The number of likely N-dealkylation sites (N-methyl/N-ethyl adjacent to an activating group) is 2. The SMILES string of the molecule is C.CC(C)C.CCC(C)C(C(CC(=O)N1CCCC1C(OC)C(C)C)OC)N(C)C(=O)CNC(=O)C(C(C)C)N(C)CCOCCOCCOCCON.Cc1ccsc1.O=CNCC(=O)O. The molecule has 6 atom stereocenters. The van der Waals surface area contributed by atoms with E-state index in [0.29, 0.717) is 65.7 Å². The van der Waals surface area contributed by atoms with Gasteiger partial charge in [0.15, 0.2) is 0 Å². The molecule has 1 fully saturated rings. The van der Waals surface area contributed by atoms with Gasteiger partial charge in [-0.25, -0.2) is 5.90 Å². The van der Waals surface area contributed by atoms with Gasteiger partial charge in [-0.1, -0.05) is 76.2 Å². The number of carboxylic acids is 1. The van der Waals surface area contributed by atoms with Crippen LogP contribution in [-0.4, -0.2) is 181 Å². The predicted molar refractivity (Wildman–Crippen MR) is 267 cm³/mol. The maximum absolute atomic E-state index is 13.7. The van der Waals surface area contributed by atoms with E-state index in [1.54, 1.807) is 37.5 Å². The van der Waals surface area contributed by atoms with Crippen LogP contribution in [0.1, 0.15) is 101 Å². The number of rotatable bonds is 30. The van der Waals surface area contributed by atoms with Crippen LogP contribution in [0.4, 0.5) is 0 Å². The Morgan fingerprint density at radius 2 is 1.48 bits per heavy atom. The van der Waals surface area contributed by atoms with Gasteiger partial charge < -0.3 is 54.1 Å². The molecule has 4 amide bonds. The van der Waals surface area contributed by atoms with E-state index in [2.05, 4.69) is 82.4 Å². The van der Waals surface area contributed by atoms with Crippen molar-refractivity contribution in [2.75, 3.05) is 101 Å². The molecule has 2 rings (SSSR count). The van der Waals surface area contributed by atoms with Gasteiger partial charge in [0, 0.05) is 34.4 Å². The molecule has 6 unspecified atom stereocenters. The van der Waals surface area contributed by atoms with E-state index in [9.17, 15) is 24.0 Å². The second-order valence-electron chi connectivity index (χ2n) is 17.6. The number of carbonyl (C=O) groups is 5. The topological polar surface area (TPSA) is 221 Å². The summed E-state index contributed by atoms with van der Waals surface area (Å²) in [5, 5.41) is 16.9. The third kappa shape index (κ3) is 31.5. The minimum atomic E-state index is -1.04. The fraction of sp³-hybridized carbons (Fsp3) is 0.812. The molecule has 1 saturated heterocycles. The van der Waals surface area contributed by atoms with Gasteiger partial charge in [-0.3, -0.25) is 28.9 Å². The molecule has 19 heteroatoms. The van der Waals surface area contributed by atoms with Crippen molar-refractivity contribution in [1.29, 1.82) is 0 Å². The molecule has 1 aromatic rings. The quantitative estimate of drug-likeness (QED) is 0.0447. The molecule has 1 aliphatic heterocycles. The minimum absolute atomic E-state index is 0. The zero-order valence-corrected chi connectivity index (χ0v) is 43.7. The van der Waals surface area contributed by atoms with Crippen molar-refractivity contribution in [2.24, 2.45) is 29.6 Å². The van der Waals surface area contributed by atoms with Gasteiger partial charge in [0.2, 0.25) is 24.1 Å². The molecule has 0 bridgehead atoms. The largest absolute Gasteiger partial charge is 0.480 e. The number of thiophene rings is 1. The third-order valence-corrected chi connectivity index (χ3v) is 11.3. The number of nitrogens with zero attached hydrogens (tertiary/aromatic N) is 3. The van der Waals surface area contributed by atoms with Crippen LogP contribution in [0.25, 0.3) is 0 Å². The molecule has 0 radical (unpaired) electrons. The van der Waals surface area contributed by atoms with Crippen molar-refractivity contribution in [3.8, 4) is 0 Å². The average molecular weight is 979 g/mol. The number of nitrogens with one attached hydrogen (secondary N) is 2. The standard InChI is InChI=1S/C35H69N5O9.C5H6S.C4H10.C3H5NO3.CH4/c1-11-27(6)33(29(44-9)23-30(41)40-14-12-13-28(40)34(45-10)26(4)5)39(8)31(42)24-37-35(43)32(25(2)3)38(7)15-16-46-17-18-47-19-20-48-21-22-49-36;1-5-2-3-6-4-5;1-4(2)3;5-2-4-1-3(6)7;/h25-29,32-34H,11-24,36H2,1-10H3,(H,37,43);2-4H,1H3;4H,1-3H3;2H,1H2,(H,4,5)(H,6,7);1H4. The summed E-state index contributed by atoms with van der Waals surface area (Å²) >= 11 is 1.74. The van der Waals surface area contributed by atoms with Crippen LogP contribution in [-0.2, 0) is 52.5 Å². The van der Waals surface area contributed by atoms with Gasteiger partial charge in [0.25, 0.3) is 0 Å². The van der Waals surface area contributed by atoms with Gasteiger partial charge in [0.1, 0.15) is 6.54 Å². The van der Waals surface area contributed by atoms with Crippen molar-refractivity contribution in [2.45, 2.75) is 133 Å². The number of carboxylic acid groups (broad SMARTS) is 1. The number of amides is 4. The molecule has 394 valence electrons. The lowest BCUT2D eigenvalue weighted by Crippen LogP contribution is -2.55. The number of ether oxygens (including phenoxy) is 5. The molecular formula is C48H94N6O12S. The van der Waals surface area contributed by atoms with Crippen LogP contribution in [0.3, 0.4) is 0 Å². The highest BCUT2D eigenvalue weighted by atomic mass is 32.1. The summed E-state index contributed by atoms with van der Waals surface area (Å²) in [4.78, 5) is 69.4. The number of hydrogen-bond acceptors (Lipinski definition) is 14. The van der Waals surface area contributed by atoms with Crippen molar-refractivity contribution in [3.05, 3.63) is 22.4 Å². The lowest BCUT2D eigenvalue weighted by molar-refractivity contribution is -0.144. The highest BCUT2D eigenvalue weighted by Gasteiger charge is 2.40. The molecule has 1 aromatic heterocycles. The number of methoxy groups -OCH3 is 2. The Morgan fingerprint density at radius 1 is 0.910 bits per heavy atom. The first-order valence-corrected chi connectivity index (χ1v) is 24.2. The van der Waals surface area contributed by atoms with E-state index in [1.807, 2.05) is 36.0 Å². The fourth-order valence-electron chi connectivity index (χ4n) is 7.22. The highest BCUT2D eigenvalue weighted by Crippen LogP contribution is 2.29. The second-order valence-corrected chi connectivity index (χ2v) is 18.4. The van der Waals surface area contributed by atoms with Crippen molar-refractivity contribution in [1.82, 2.24) is 25.3 Å². The molecular weight excluding hydrogens is 885 g/mol. The Hall–Kier alpha value is -3.27. The molecule has 0 aliphatic carbocycles. The Kier molecular flexibility index (Phi) is 42.3. The molecule has 2 heterocycles. The molecule has 5 N–H and O–H groups in total. The van der Waals surface area contributed by atoms with Crippen LogP contribution < -0.4 is 16.5 Å². The van der Waals surface area contributed by atoms with Gasteiger partial charge >= 0.3 is 5.97 Å². The monoisotopic (exact) mass is 979 g/mol. The van der Waals surface area contributed by atoms with E-state index < -0.39 is 18.1 Å². The predicted octanol–water partition coefficient (Wildman–Crippen LogP) is 5.11. The highest BCUT2D eigenvalue weighted by molar-refractivity contribution is 7.07. The summed E-state index contributed by atoms with van der Waals surface area (Å²) in [5.74, 6) is 4.64. The van der Waals surface area contributed by atoms with Crippen LogP contribution in [0.15, 0.2) is 16.8 Å². The average Bonchev–Trinajstić information content (AvgIpc) is 3.95. The maximum atomic E-state index is 13.7. The maximum Gasteiger partial charge on any atom is 0.322 e. The third-order valence-electron chi connectivity index (χ3n) is 10.5. The Balaban J connectivity index is -0.00000190. The van der Waals surface area contributed by atoms with Crippen LogP contribution >= 0.6 is 11.3 Å². The Labute approximate surface area is 408 Å². The van der Waals surface area contributed by atoms with Crippen LogP contribution in [0, 0.1) is 30.6 Å². The molecule has 1 aliphatic rings. The molecule has 67 heavy (non-hydrogen) atoms. The van der Waals surface area contributed by atoms with Gasteiger partial charge in [0.05, 0.1) is 89.5 Å².